The third-order valence-electron chi connectivity index (χ3n) is 3.45. The lowest BCUT2D eigenvalue weighted by atomic mass is 9.94. The number of hydrogen-bond acceptors (Lipinski definition) is 5. The molecule has 2 atom stereocenters. The molecule has 0 radical (unpaired) electrons. The smallest absolute Gasteiger partial charge is 0.298 e. The molecule has 1 aliphatic heterocycles. The molecule has 5 nitrogen and oxygen atoms in total. The predicted molar refractivity (Wildman–Crippen MR) is 74.3 cm³/mol. The van der Waals surface area contributed by atoms with E-state index in [4.69, 9.17) is 9.47 Å². The molecular formula is C16H14O5. The number of rotatable bonds is 3. The SMILES string of the molecule is O=COc1ccc2c(c1)O[C@H](c1cccc(O)c1)[C@H](O)C2. The molecule has 5 heteroatoms. The van der Waals surface area contributed by atoms with Crippen molar-refractivity contribution in [3.05, 3.63) is 53.6 Å². The quantitative estimate of drug-likeness (QED) is 0.844. The first-order valence-corrected chi connectivity index (χ1v) is 6.54. The van der Waals surface area contributed by atoms with Gasteiger partial charge >= 0.3 is 0 Å². The number of aromatic hydroxyl groups is 1. The van der Waals surface area contributed by atoms with Crippen LogP contribution in [0.15, 0.2) is 42.5 Å². The Bertz CT molecular complexity index is 667. The number of carbonyl (C=O) groups is 1. The van der Waals surface area contributed by atoms with Crippen molar-refractivity contribution in [2.24, 2.45) is 0 Å². The highest BCUT2D eigenvalue weighted by Crippen LogP contribution is 2.37. The van der Waals surface area contributed by atoms with Gasteiger partial charge in [-0.2, -0.15) is 0 Å². The number of aliphatic hydroxyl groups excluding tert-OH is 1. The van der Waals surface area contributed by atoms with E-state index in [1.807, 2.05) is 0 Å². The maximum Gasteiger partial charge on any atom is 0.298 e. The second-order valence-corrected chi connectivity index (χ2v) is 4.89. The van der Waals surface area contributed by atoms with Crippen LogP contribution in [0.5, 0.6) is 17.2 Å². The van der Waals surface area contributed by atoms with Gasteiger partial charge in [-0.3, -0.25) is 4.79 Å². The third kappa shape index (κ3) is 2.68. The van der Waals surface area contributed by atoms with Crippen LogP contribution in [0, 0.1) is 0 Å². The van der Waals surface area contributed by atoms with E-state index in [1.54, 1.807) is 42.5 Å². The van der Waals surface area contributed by atoms with Gasteiger partial charge in [-0.05, 0) is 29.3 Å². The zero-order valence-electron chi connectivity index (χ0n) is 11.1. The summed E-state index contributed by atoms with van der Waals surface area (Å²) in [7, 11) is 0. The van der Waals surface area contributed by atoms with E-state index >= 15 is 0 Å². The standard InChI is InChI=1S/C16H14O5/c17-9-20-13-5-4-10-7-14(19)16(21-15(10)8-13)11-2-1-3-12(18)6-11/h1-6,8-9,14,16,18-19H,7H2/t14-,16-/m1/s1. The topological polar surface area (TPSA) is 76.0 Å². The highest BCUT2D eigenvalue weighted by molar-refractivity contribution is 5.50. The summed E-state index contributed by atoms with van der Waals surface area (Å²) >= 11 is 0. The van der Waals surface area contributed by atoms with E-state index in [0.717, 1.165) is 5.56 Å². The van der Waals surface area contributed by atoms with Gasteiger partial charge in [0, 0.05) is 12.5 Å². The van der Waals surface area contributed by atoms with Gasteiger partial charge in [0.25, 0.3) is 6.47 Å². The number of phenols is 1. The Morgan fingerprint density at radius 1 is 1.24 bits per heavy atom. The van der Waals surface area contributed by atoms with Gasteiger partial charge in [-0.25, -0.2) is 0 Å². The molecule has 0 bridgehead atoms. The number of hydrogen-bond donors (Lipinski definition) is 2. The number of phenolic OH excluding ortho intramolecular Hbond substituents is 1. The zero-order valence-corrected chi connectivity index (χ0v) is 11.1. The van der Waals surface area contributed by atoms with Gasteiger partial charge in [-0.15, -0.1) is 0 Å². The molecule has 0 aromatic heterocycles. The predicted octanol–water partition coefficient (Wildman–Crippen LogP) is 1.96. The molecular weight excluding hydrogens is 272 g/mol. The molecule has 0 aliphatic carbocycles. The molecule has 3 rings (SSSR count). The summed E-state index contributed by atoms with van der Waals surface area (Å²) in [6.07, 6.45) is -0.856. The van der Waals surface area contributed by atoms with Crippen molar-refractivity contribution >= 4 is 6.47 Å². The fourth-order valence-electron chi connectivity index (χ4n) is 2.48. The van der Waals surface area contributed by atoms with E-state index in [-0.39, 0.29) is 5.75 Å². The van der Waals surface area contributed by atoms with Crippen LogP contribution in [-0.4, -0.2) is 22.8 Å². The molecule has 0 saturated carbocycles. The number of carbonyl (C=O) groups excluding carboxylic acids is 1. The van der Waals surface area contributed by atoms with E-state index in [2.05, 4.69) is 0 Å². The summed E-state index contributed by atoms with van der Waals surface area (Å²) < 4.78 is 10.6. The van der Waals surface area contributed by atoms with Crippen LogP contribution < -0.4 is 9.47 Å². The van der Waals surface area contributed by atoms with Crippen molar-refractivity contribution in [3.63, 3.8) is 0 Å². The zero-order chi connectivity index (χ0) is 14.8. The van der Waals surface area contributed by atoms with Crippen LogP contribution in [0.3, 0.4) is 0 Å². The lowest BCUT2D eigenvalue weighted by Gasteiger charge is -2.31. The fourth-order valence-corrected chi connectivity index (χ4v) is 2.48. The molecule has 0 saturated heterocycles. The van der Waals surface area contributed by atoms with Crippen LogP contribution in [0.4, 0.5) is 0 Å². The molecule has 2 N–H and O–H groups in total. The molecule has 2 aromatic rings. The summed E-state index contributed by atoms with van der Waals surface area (Å²) in [6, 6.07) is 11.6. The number of ether oxygens (including phenoxy) is 2. The average molecular weight is 286 g/mol. The Balaban J connectivity index is 1.93. The Labute approximate surface area is 121 Å². The van der Waals surface area contributed by atoms with Gasteiger partial charge in [0.1, 0.15) is 23.4 Å². The monoisotopic (exact) mass is 286 g/mol. The van der Waals surface area contributed by atoms with Gasteiger partial charge in [-0.1, -0.05) is 18.2 Å². The van der Waals surface area contributed by atoms with Crippen molar-refractivity contribution in [3.8, 4) is 17.2 Å². The highest BCUT2D eigenvalue weighted by atomic mass is 16.5. The van der Waals surface area contributed by atoms with Crippen molar-refractivity contribution in [2.45, 2.75) is 18.6 Å². The van der Waals surface area contributed by atoms with Crippen LogP contribution >= 0.6 is 0 Å². The van der Waals surface area contributed by atoms with Crippen molar-refractivity contribution in [1.29, 1.82) is 0 Å². The maximum atomic E-state index is 10.4. The minimum atomic E-state index is -0.711. The van der Waals surface area contributed by atoms with Crippen molar-refractivity contribution < 1.29 is 24.5 Å². The fraction of sp³-hybridized carbons (Fsp3) is 0.188. The minimum Gasteiger partial charge on any atom is -0.508 e. The van der Waals surface area contributed by atoms with Gasteiger partial charge in [0.15, 0.2) is 0 Å². The van der Waals surface area contributed by atoms with Crippen molar-refractivity contribution in [1.82, 2.24) is 0 Å². The molecule has 0 spiro atoms. The lowest BCUT2D eigenvalue weighted by Crippen LogP contribution is -2.30. The van der Waals surface area contributed by atoms with E-state index in [1.165, 1.54) is 0 Å². The molecule has 0 unspecified atom stereocenters. The maximum absolute atomic E-state index is 10.4. The second kappa shape index (κ2) is 5.46. The van der Waals surface area contributed by atoms with Gasteiger partial charge < -0.3 is 19.7 Å². The number of benzene rings is 2. The summed E-state index contributed by atoms with van der Waals surface area (Å²) in [5, 5.41) is 19.8. The molecule has 108 valence electrons. The van der Waals surface area contributed by atoms with Crippen molar-refractivity contribution in [2.75, 3.05) is 0 Å². The van der Waals surface area contributed by atoms with E-state index in [0.29, 0.717) is 30.0 Å². The van der Waals surface area contributed by atoms with Crippen LogP contribution in [0.1, 0.15) is 17.2 Å². The summed E-state index contributed by atoms with van der Waals surface area (Å²) in [6.45, 7) is 0.353. The Morgan fingerprint density at radius 3 is 2.86 bits per heavy atom. The Morgan fingerprint density at radius 2 is 2.10 bits per heavy atom. The first kappa shape index (κ1) is 13.5. The highest BCUT2D eigenvalue weighted by Gasteiger charge is 2.30. The molecule has 1 aliphatic rings. The van der Waals surface area contributed by atoms with Gasteiger partial charge in [0.05, 0.1) is 6.10 Å². The van der Waals surface area contributed by atoms with Crippen LogP contribution in [-0.2, 0) is 11.2 Å². The van der Waals surface area contributed by atoms with Crippen LogP contribution in [0.25, 0.3) is 0 Å². The van der Waals surface area contributed by atoms with E-state index < -0.39 is 12.2 Å². The largest absolute Gasteiger partial charge is 0.508 e. The second-order valence-electron chi connectivity index (χ2n) is 4.89. The molecule has 21 heavy (non-hydrogen) atoms. The number of aliphatic hydroxyl groups is 1. The van der Waals surface area contributed by atoms with E-state index in [9.17, 15) is 15.0 Å². The molecule has 1 heterocycles. The third-order valence-corrected chi connectivity index (χ3v) is 3.45. The average Bonchev–Trinajstić information content (AvgIpc) is 2.47. The van der Waals surface area contributed by atoms with Gasteiger partial charge in [0.2, 0.25) is 0 Å². The lowest BCUT2D eigenvalue weighted by molar-refractivity contribution is -0.120. The number of fused-ring (bicyclic) bond motifs is 1. The Kier molecular flexibility index (Phi) is 3.50. The minimum absolute atomic E-state index is 0.118. The normalized spacial score (nSPS) is 20.2. The molecule has 0 fully saturated rings. The summed E-state index contributed by atoms with van der Waals surface area (Å²) in [5.41, 5.74) is 1.53. The Hall–Kier alpha value is -2.53. The summed E-state index contributed by atoms with van der Waals surface area (Å²) in [4.78, 5) is 10.4. The molecule has 2 aromatic carbocycles. The first-order valence-electron chi connectivity index (χ1n) is 6.54. The first-order chi connectivity index (χ1) is 10.2. The van der Waals surface area contributed by atoms with Crippen LogP contribution in [0.2, 0.25) is 0 Å². The summed E-state index contributed by atoms with van der Waals surface area (Å²) in [5.74, 6) is 1.06. The molecule has 0 amide bonds.